The fourth-order valence-corrected chi connectivity index (χ4v) is 5.70. The van der Waals surface area contributed by atoms with Crippen molar-refractivity contribution in [3.63, 3.8) is 0 Å². The summed E-state index contributed by atoms with van der Waals surface area (Å²) >= 11 is 0. The van der Waals surface area contributed by atoms with Crippen molar-refractivity contribution in [2.24, 2.45) is 5.92 Å². The summed E-state index contributed by atoms with van der Waals surface area (Å²) in [6, 6.07) is 7.70. The Kier molecular flexibility index (Phi) is 3.89. The van der Waals surface area contributed by atoms with Gasteiger partial charge in [-0.15, -0.1) is 0 Å². The minimum Gasteiger partial charge on any atom is -0.343 e. The van der Waals surface area contributed by atoms with Crippen LogP contribution in [0.25, 0.3) is 10.9 Å². The molecule has 1 aromatic carbocycles. The molecule has 1 aliphatic carbocycles. The van der Waals surface area contributed by atoms with Crippen LogP contribution in [0.4, 0.5) is 0 Å². The fourth-order valence-electron chi connectivity index (χ4n) is 5.70. The average Bonchev–Trinajstić information content (AvgIpc) is 2.94. The predicted molar refractivity (Wildman–Crippen MR) is 101 cm³/mol. The van der Waals surface area contributed by atoms with Crippen LogP contribution in [0.5, 0.6) is 0 Å². The molecule has 1 atom stereocenters. The minimum atomic E-state index is 0.605. The van der Waals surface area contributed by atoms with Crippen LogP contribution in [0.3, 0.4) is 0 Å². The first-order valence-electron chi connectivity index (χ1n) is 10.3. The first-order valence-corrected chi connectivity index (χ1v) is 10.3. The van der Waals surface area contributed by atoms with Crippen molar-refractivity contribution in [3.05, 3.63) is 35.0 Å². The lowest BCUT2D eigenvalue weighted by atomic mass is 9.80. The van der Waals surface area contributed by atoms with Crippen LogP contribution < -0.4 is 5.32 Å². The molecule has 1 saturated carbocycles. The Morgan fingerprint density at radius 1 is 0.917 bits per heavy atom. The van der Waals surface area contributed by atoms with Gasteiger partial charge in [0.05, 0.1) is 11.6 Å². The third-order valence-corrected chi connectivity index (χ3v) is 6.80. The topological polar surface area (TPSA) is 17.0 Å². The highest BCUT2D eigenvalue weighted by Crippen LogP contribution is 2.42. The Labute approximate surface area is 145 Å². The van der Waals surface area contributed by atoms with E-state index < -0.39 is 0 Å². The smallest absolute Gasteiger partial charge is 0.0518 e. The lowest BCUT2D eigenvalue weighted by Crippen LogP contribution is -2.37. The molecule has 0 bridgehead atoms. The molecule has 0 amide bonds. The quantitative estimate of drug-likeness (QED) is 0.769. The lowest BCUT2D eigenvalue weighted by Gasteiger charge is -2.35. The van der Waals surface area contributed by atoms with Crippen LogP contribution in [0.2, 0.25) is 0 Å². The summed E-state index contributed by atoms with van der Waals surface area (Å²) in [5.74, 6) is 0.854. The highest BCUT2D eigenvalue weighted by Gasteiger charge is 2.33. The average molecular weight is 322 g/mol. The molecule has 3 heterocycles. The highest BCUT2D eigenvalue weighted by molar-refractivity contribution is 5.89. The maximum absolute atomic E-state index is 3.94. The van der Waals surface area contributed by atoms with Crippen LogP contribution in [0, 0.1) is 5.92 Å². The molecule has 1 N–H and O–H groups in total. The molecule has 5 rings (SSSR count). The third kappa shape index (κ3) is 2.34. The van der Waals surface area contributed by atoms with E-state index in [9.17, 15) is 0 Å². The Hall–Kier alpha value is -1.28. The predicted octanol–water partition coefficient (Wildman–Crippen LogP) is 5.13. The van der Waals surface area contributed by atoms with Gasteiger partial charge in [0.15, 0.2) is 0 Å². The summed E-state index contributed by atoms with van der Waals surface area (Å²) in [4.78, 5) is 0. The minimum absolute atomic E-state index is 0.605. The number of rotatable bonds is 1. The van der Waals surface area contributed by atoms with Crippen molar-refractivity contribution in [2.75, 3.05) is 6.54 Å². The van der Waals surface area contributed by atoms with Gasteiger partial charge < -0.3 is 9.88 Å². The number of aromatic nitrogens is 1. The number of hydrogen-bond acceptors (Lipinski definition) is 1. The summed E-state index contributed by atoms with van der Waals surface area (Å²) in [6.45, 7) is 2.39. The second-order valence-electron chi connectivity index (χ2n) is 8.22. The molecule has 2 heteroatoms. The zero-order valence-corrected chi connectivity index (χ0v) is 14.8. The van der Waals surface area contributed by atoms with E-state index in [2.05, 4.69) is 28.1 Å². The van der Waals surface area contributed by atoms with Crippen molar-refractivity contribution >= 4 is 10.9 Å². The van der Waals surface area contributed by atoms with Gasteiger partial charge in [-0.05, 0) is 62.1 Å². The molecule has 0 saturated heterocycles. The first-order chi connectivity index (χ1) is 11.9. The molecule has 1 unspecified atom stereocenters. The summed E-state index contributed by atoms with van der Waals surface area (Å²) in [5, 5.41) is 5.52. The van der Waals surface area contributed by atoms with Crippen LogP contribution in [-0.2, 0) is 19.4 Å². The third-order valence-electron chi connectivity index (χ3n) is 6.80. The van der Waals surface area contributed by atoms with Gasteiger partial charge >= 0.3 is 0 Å². The summed E-state index contributed by atoms with van der Waals surface area (Å²) < 4.78 is 2.75. The molecule has 2 aromatic rings. The van der Waals surface area contributed by atoms with Gasteiger partial charge in [0, 0.05) is 17.6 Å². The zero-order chi connectivity index (χ0) is 15.9. The number of hydrogen-bond donors (Lipinski definition) is 1. The molecule has 3 aliphatic rings. The van der Waals surface area contributed by atoms with Crippen LogP contribution in [0.15, 0.2) is 18.2 Å². The van der Waals surface area contributed by atoms with E-state index >= 15 is 0 Å². The molecule has 0 spiro atoms. The number of aryl methyl sites for hydroxylation is 2. The Balaban J connectivity index is 1.70. The molecule has 0 radical (unpaired) electrons. The lowest BCUT2D eigenvalue weighted by molar-refractivity contribution is 0.255. The largest absolute Gasteiger partial charge is 0.343 e. The van der Waals surface area contributed by atoms with Crippen molar-refractivity contribution in [2.45, 2.75) is 76.8 Å². The molecule has 1 aromatic heterocycles. The first kappa shape index (κ1) is 15.0. The van der Waals surface area contributed by atoms with Gasteiger partial charge in [-0.2, -0.15) is 0 Å². The van der Waals surface area contributed by atoms with E-state index in [1.54, 1.807) is 27.7 Å². The SMILES string of the molecule is c1cc2c3c(c1)c1c(n3CCCCC2)C(C2CCCCC2)NCC1. The van der Waals surface area contributed by atoms with Crippen molar-refractivity contribution < 1.29 is 0 Å². The summed E-state index contributed by atoms with van der Waals surface area (Å²) in [6.07, 6.45) is 13.7. The molecule has 2 nitrogen and oxygen atoms in total. The maximum atomic E-state index is 3.94. The van der Waals surface area contributed by atoms with E-state index in [1.807, 2.05) is 0 Å². The monoisotopic (exact) mass is 322 g/mol. The molecule has 1 fully saturated rings. The number of para-hydroxylation sites is 1. The Morgan fingerprint density at radius 2 is 1.79 bits per heavy atom. The number of benzene rings is 1. The normalized spacial score (nSPS) is 25.2. The van der Waals surface area contributed by atoms with Crippen LogP contribution in [0.1, 0.15) is 74.2 Å². The Bertz CT molecular complexity index is 736. The van der Waals surface area contributed by atoms with Crippen LogP contribution in [-0.4, -0.2) is 11.1 Å². The maximum Gasteiger partial charge on any atom is 0.0518 e. The number of nitrogens with zero attached hydrogens (tertiary/aromatic N) is 1. The molecular formula is C22H30N2. The van der Waals surface area contributed by atoms with Crippen molar-refractivity contribution in [3.8, 4) is 0 Å². The van der Waals surface area contributed by atoms with Crippen LogP contribution >= 0.6 is 0 Å². The second kappa shape index (κ2) is 6.22. The van der Waals surface area contributed by atoms with E-state index in [4.69, 9.17) is 0 Å². The van der Waals surface area contributed by atoms with Gasteiger partial charge in [-0.3, -0.25) is 0 Å². The van der Waals surface area contributed by atoms with Gasteiger partial charge in [-0.1, -0.05) is 43.9 Å². The van der Waals surface area contributed by atoms with E-state index in [0.717, 1.165) is 12.5 Å². The summed E-state index contributed by atoms with van der Waals surface area (Å²) in [5.41, 5.74) is 6.55. The molecular weight excluding hydrogens is 292 g/mol. The van der Waals surface area contributed by atoms with E-state index in [1.165, 1.54) is 70.8 Å². The van der Waals surface area contributed by atoms with E-state index in [-0.39, 0.29) is 0 Å². The Morgan fingerprint density at radius 3 is 2.71 bits per heavy atom. The second-order valence-corrected chi connectivity index (χ2v) is 8.22. The molecule has 2 aliphatic heterocycles. The zero-order valence-electron chi connectivity index (χ0n) is 14.8. The number of nitrogens with one attached hydrogen (secondary N) is 1. The van der Waals surface area contributed by atoms with E-state index in [0.29, 0.717) is 6.04 Å². The summed E-state index contributed by atoms with van der Waals surface area (Å²) in [7, 11) is 0. The van der Waals surface area contributed by atoms with Gasteiger partial charge in [0.2, 0.25) is 0 Å². The number of fused-ring (bicyclic) bond motifs is 3. The van der Waals surface area contributed by atoms with Gasteiger partial charge in [0.25, 0.3) is 0 Å². The van der Waals surface area contributed by atoms with Crippen molar-refractivity contribution in [1.82, 2.24) is 9.88 Å². The molecule has 24 heavy (non-hydrogen) atoms. The van der Waals surface area contributed by atoms with Gasteiger partial charge in [-0.25, -0.2) is 0 Å². The molecule has 128 valence electrons. The standard InChI is InChI=1S/C22H30N2/c1-3-8-16(9-4-1)20-22-19(13-14-23-20)18-12-7-11-17-10-5-2-6-15-24(22)21(17)18/h7,11-12,16,20,23H,1-6,8-10,13-15H2. The van der Waals surface area contributed by atoms with Crippen molar-refractivity contribution in [1.29, 1.82) is 0 Å². The fraction of sp³-hybridized carbons (Fsp3) is 0.636. The highest BCUT2D eigenvalue weighted by atomic mass is 15.1. The van der Waals surface area contributed by atoms with Gasteiger partial charge in [0.1, 0.15) is 0 Å².